The zero-order valence-corrected chi connectivity index (χ0v) is 21.7. The van der Waals surface area contributed by atoms with E-state index >= 15 is 4.39 Å². The molecule has 2 aliphatic rings. The van der Waals surface area contributed by atoms with Gasteiger partial charge in [0.15, 0.2) is 6.23 Å². The van der Waals surface area contributed by atoms with Crippen molar-refractivity contribution >= 4 is 29.4 Å². The Morgan fingerprint density at radius 2 is 1.82 bits per heavy atom. The summed E-state index contributed by atoms with van der Waals surface area (Å²) in [7, 11) is 0. The van der Waals surface area contributed by atoms with Gasteiger partial charge in [-0.1, -0.05) is 37.3 Å². The van der Waals surface area contributed by atoms with Crippen LogP contribution in [-0.4, -0.2) is 66.7 Å². The fourth-order valence-corrected chi connectivity index (χ4v) is 4.74. The molecule has 39 heavy (non-hydrogen) atoms. The molecule has 1 atom stereocenters. The van der Waals surface area contributed by atoms with Crippen molar-refractivity contribution in [3.05, 3.63) is 78.2 Å². The fourth-order valence-electron chi connectivity index (χ4n) is 4.74. The number of rotatable bonds is 7. The van der Waals surface area contributed by atoms with Crippen LogP contribution in [0.25, 0.3) is 11.1 Å². The third-order valence-corrected chi connectivity index (χ3v) is 6.93. The SMILES string of the molecule is CCC(=O)NC1CN(c2ccc(-c3ccc(N4CCN(C(=O)Cc5ccccc5)CC4)nc3)c(F)c2)C(=O)O1. The Balaban J connectivity index is 1.18. The molecule has 3 amide bonds. The molecule has 2 fully saturated rings. The van der Waals surface area contributed by atoms with Crippen LogP contribution in [0.5, 0.6) is 0 Å². The molecule has 202 valence electrons. The molecule has 1 aromatic heterocycles. The maximum absolute atomic E-state index is 15.1. The molecule has 1 N–H and O–H groups in total. The molecule has 9 nitrogen and oxygen atoms in total. The summed E-state index contributed by atoms with van der Waals surface area (Å²) in [4.78, 5) is 46.3. The monoisotopic (exact) mass is 531 g/mol. The first kappa shape index (κ1) is 26.1. The van der Waals surface area contributed by atoms with Gasteiger partial charge >= 0.3 is 6.09 Å². The number of piperazine rings is 1. The van der Waals surface area contributed by atoms with Crippen LogP contribution in [-0.2, 0) is 20.7 Å². The molecule has 0 aliphatic carbocycles. The van der Waals surface area contributed by atoms with Crippen molar-refractivity contribution in [3.63, 3.8) is 0 Å². The summed E-state index contributed by atoms with van der Waals surface area (Å²) in [6, 6.07) is 17.9. The Morgan fingerprint density at radius 1 is 1.05 bits per heavy atom. The second-order valence-corrected chi connectivity index (χ2v) is 9.50. The molecule has 2 aliphatic heterocycles. The smallest absolute Gasteiger partial charge is 0.416 e. The number of halogens is 1. The summed E-state index contributed by atoms with van der Waals surface area (Å²) in [5, 5.41) is 2.61. The van der Waals surface area contributed by atoms with Gasteiger partial charge < -0.3 is 19.9 Å². The topological polar surface area (TPSA) is 95.1 Å². The normalized spacial score (nSPS) is 17.2. The molecule has 1 unspecified atom stereocenters. The third kappa shape index (κ3) is 6.00. The number of carbonyl (C=O) groups excluding carboxylic acids is 3. The predicted octanol–water partition coefficient (Wildman–Crippen LogP) is 3.59. The Morgan fingerprint density at radius 3 is 2.49 bits per heavy atom. The molecule has 3 aromatic rings. The quantitative estimate of drug-likeness (QED) is 0.501. The van der Waals surface area contributed by atoms with Crippen LogP contribution >= 0.6 is 0 Å². The summed E-state index contributed by atoms with van der Waals surface area (Å²) < 4.78 is 20.3. The predicted molar refractivity (Wildman–Crippen MR) is 145 cm³/mol. The molecule has 2 aromatic carbocycles. The lowest BCUT2D eigenvalue weighted by Gasteiger charge is -2.35. The third-order valence-electron chi connectivity index (χ3n) is 6.93. The number of ether oxygens (including phenoxy) is 1. The van der Waals surface area contributed by atoms with E-state index in [9.17, 15) is 14.4 Å². The molecular weight excluding hydrogens is 501 g/mol. The molecular formula is C29H30FN5O4. The fraction of sp³-hybridized carbons (Fsp3) is 0.310. The van der Waals surface area contributed by atoms with Crippen molar-refractivity contribution in [1.82, 2.24) is 15.2 Å². The van der Waals surface area contributed by atoms with Gasteiger partial charge in [0.25, 0.3) is 0 Å². The van der Waals surface area contributed by atoms with Crippen molar-refractivity contribution in [2.75, 3.05) is 42.5 Å². The Kier molecular flexibility index (Phi) is 7.72. The van der Waals surface area contributed by atoms with E-state index in [4.69, 9.17) is 4.74 Å². The van der Waals surface area contributed by atoms with Crippen LogP contribution in [0.4, 0.5) is 20.7 Å². The minimum absolute atomic E-state index is 0.102. The number of anilines is 2. The van der Waals surface area contributed by atoms with Crippen molar-refractivity contribution in [2.24, 2.45) is 0 Å². The van der Waals surface area contributed by atoms with Crippen LogP contribution in [0, 0.1) is 5.82 Å². The summed E-state index contributed by atoms with van der Waals surface area (Å²) in [6.07, 6.45) is 0.882. The number of amides is 3. The van der Waals surface area contributed by atoms with E-state index in [-0.39, 0.29) is 24.8 Å². The van der Waals surface area contributed by atoms with Gasteiger partial charge in [-0.15, -0.1) is 0 Å². The summed E-state index contributed by atoms with van der Waals surface area (Å²) in [5.74, 6) is 0.157. The van der Waals surface area contributed by atoms with Crippen molar-refractivity contribution < 1.29 is 23.5 Å². The molecule has 5 rings (SSSR count). The number of benzene rings is 2. The van der Waals surface area contributed by atoms with E-state index in [1.54, 1.807) is 25.3 Å². The number of carbonyl (C=O) groups is 3. The number of nitrogens with zero attached hydrogens (tertiary/aromatic N) is 4. The average molecular weight is 532 g/mol. The van der Waals surface area contributed by atoms with Crippen LogP contribution < -0.4 is 15.1 Å². The Hall–Kier alpha value is -4.47. The lowest BCUT2D eigenvalue weighted by molar-refractivity contribution is -0.130. The highest BCUT2D eigenvalue weighted by Gasteiger charge is 2.33. The molecule has 0 radical (unpaired) electrons. The summed E-state index contributed by atoms with van der Waals surface area (Å²) in [5.41, 5.74) is 2.32. The van der Waals surface area contributed by atoms with Crippen LogP contribution in [0.1, 0.15) is 18.9 Å². The van der Waals surface area contributed by atoms with Gasteiger partial charge in [-0.2, -0.15) is 0 Å². The first-order valence-corrected chi connectivity index (χ1v) is 13.0. The van der Waals surface area contributed by atoms with Crippen molar-refractivity contribution in [1.29, 1.82) is 0 Å². The number of nitrogens with one attached hydrogen (secondary N) is 1. The number of cyclic esters (lactones) is 1. The zero-order valence-electron chi connectivity index (χ0n) is 21.7. The van der Waals surface area contributed by atoms with Gasteiger partial charge in [-0.05, 0) is 35.9 Å². The summed E-state index contributed by atoms with van der Waals surface area (Å²) >= 11 is 0. The van der Waals surface area contributed by atoms with Gasteiger partial charge in [0.1, 0.15) is 11.6 Å². The number of hydrogen-bond acceptors (Lipinski definition) is 6. The van der Waals surface area contributed by atoms with Gasteiger partial charge in [-0.25, -0.2) is 14.2 Å². The first-order valence-electron chi connectivity index (χ1n) is 13.0. The Labute approximate surface area is 226 Å². The highest BCUT2D eigenvalue weighted by Crippen LogP contribution is 2.29. The van der Waals surface area contributed by atoms with Gasteiger partial charge in [0.2, 0.25) is 11.8 Å². The molecule has 2 saturated heterocycles. The zero-order chi connectivity index (χ0) is 27.4. The maximum atomic E-state index is 15.1. The van der Waals surface area contributed by atoms with Gasteiger partial charge in [-0.3, -0.25) is 14.5 Å². The highest BCUT2D eigenvalue weighted by molar-refractivity contribution is 5.90. The minimum Gasteiger partial charge on any atom is -0.423 e. The van der Waals surface area contributed by atoms with E-state index in [0.717, 1.165) is 11.4 Å². The largest absolute Gasteiger partial charge is 0.423 e. The van der Waals surface area contributed by atoms with Gasteiger partial charge in [0.05, 0.1) is 18.7 Å². The average Bonchev–Trinajstić information content (AvgIpc) is 3.33. The number of aromatic nitrogens is 1. The van der Waals surface area contributed by atoms with E-state index in [0.29, 0.717) is 49.4 Å². The second-order valence-electron chi connectivity index (χ2n) is 9.50. The minimum atomic E-state index is -0.770. The molecule has 0 bridgehead atoms. The molecule has 0 spiro atoms. The van der Waals surface area contributed by atoms with Crippen LogP contribution in [0.3, 0.4) is 0 Å². The molecule has 3 heterocycles. The number of pyridine rings is 1. The van der Waals surface area contributed by atoms with Crippen molar-refractivity contribution in [2.45, 2.75) is 26.0 Å². The maximum Gasteiger partial charge on any atom is 0.416 e. The Bertz CT molecular complexity index is 1340. The van der Waals surface area contributed by atoms with Crippen LogP contribution in [0.2, 0.25) is 0 Å². The second kappa shape index (κ2) is 11.5. The molecule has 0 saturated carbocycles. The van der Waals surface area contributed by atoms with E-state index in [1.807, 2.05) is 47.4 Å². The van der Waals surface area contributed by atoms with Crippen molar-refractivity contribution in [3.8, 4) is 11.1 Å². The lowest BCUT2D eigenvalue weighted by atomic mass is 10.1. The van der Waals surface area contributed by atoms with E-state index < -0.39 is 18.1 Å². The van der Waals surface area contributed by atoms with Gasteiger partial charge in [0, 0.05) is 49.9 Å². The standard InChI is InChI=1S/C29H30FN5O4/c1-2-26(36)32-27-19-35(29(38)39-27)22-9-10-23(24(30)17-22)21-8-11-25(31-18-21)33-12-14-34(15-13-33)28(37)16-20-6-4-3-5-7-20/h3-11,17-18,27H,2,12-16,19H2,1H3,(H,32,36). The lowest BCUT2D eigenvalue weighted by Crippen LogP contribution is -2.49. The highest BCUT2D eigenvalue weighted by atomic mass is 19.1. The molecule has 10 heteroatoms. The van der Waals surface area contributed by atoms with E-state index in [1.165, 1.54) is 11.0 Å². The van der Waals surface area contributed by atoms with E-state index in [2.05, 4.69) is 15.2 Å². The van der Waals surface area contributed by atoms with Crippen LogP contribution in [0.15, 0.2) is 66.9 Å². The summed E-state index contributed by atoms with van der Waals surface area (Å²) in [6.45, 7) is 4.38. The first-order chi connectivity index (χ1) is 18.9. The number of hydrogen-bond donors (Lipinski definition) is 1.